The number of carbonyl (C=O) groups is 2. The fourth-order valence-electron chi connectivity index (χ4n) is 4.01. The van der Waals surface area contributed by atoms with Gasteiger partial charge in [0.25, 0.3) is 0 Å². The Morgan fingerprint density at radius 1 is 1.18 bits per heavy atom. The minimum absolute atomic E-state index is 0.0421. The predicted octanol–water partition coefficient (Wildman–Crippen LogP) is 4.28. The smallest absolute Gasteiger partial charge is 0.227 e. The fraction of sp³-hybridized carbons (Fsp3) is 0.462. The van der Waals surface area contributed by atoms with Crippen LogP contribution in [0.1, 0.15) is 50.3 Å². The molecular formula is C26H33FN2O4. The van der Waals surface area contributed by atoms with Gasteiger partial charge in [-0.2, -0.15) is 0 Å². The fourth-order valence-corrected chi connectivity index (χ4v) is 4.01. The summed E-state index contributed by atoms with van der Waals surface area (Å²) in [6, 6.07) is 11.4. The highest BCUT2D eigenvalue weighted by Gasteiger charge is 2.29. The van der Waals surface area contributed by atoms with Crippen molar-refractivity contribution in [3.63, 3.8) is 0 Å². The quantitative estimate of drug-likeness (QED) is 0.612. The molecule has 2 unspecified atom stereocenters. The van der Waals surface area contributed by atoms with E-state index in [1.807, 2.05) is 32.0 Å². The first-order valence-corrected chi connectivity index (χ1v) is 11.5. The van der Waals surface area contributed by atoms with Gasteiger partial charge in [0, 0.05) is 13.1 Å². The standard InChI is InChI=1S/C26H33FN2O4/c1-4-14-33-23-12-9-20(16-24(23)32-3)18(2)28-26(31)21-6-5-13-29(17-21)25(30)15-19-7-10-22(27)11-8-19/h7-12,16,18,21H,4-6,13-15,17H2,1-3H3,(H,28,31). The molecule has 0 spiro atoms. The largest absolute Gasteiger partial charge is 0.493 e. The molecule has 6 nitrogen and oxygen atoms in total. The van der Waals surface area contributed by atoms with Gasteiger partial charge in [-0.3, -0.25) is 9.59 Å². The normalized spacial score (nSPS) is 16.7. The summed E-state index contributed by atoms with van der Waals surface area (Å²) in [7, 11) is 1.60. The van der Waals surface area contributed by atoms with Gasteiger partial charge in [0.2, 0.25) is 11.8 Å². The molecule has 0 bridgehead atoms. The monoisotopic (exact) mass is 456 g/mol. The van der Waals surface area contributed by atoms with Crippen molar-refractivity contribution >= 4 is 11.8 Å². The average Bonchev–Trinajstić information content (AvgIpc) is 2.84. The Kier molecular flexibility index (Phi) is 8.69. The lowest BCUT2D eigenvalue weighted by molar-refractivity contribution is -0.135. The third kappa shape index (κ3) is 6.70. The summed E-state index contributed by atoms with van der Waals surface area (Å²) >= 11 is 0. The van der Waals surface area contributed by atoms with E-state index in [9.17, 15) is 14.0 Å². The van der Waals surface area contributed by atoms with Gasteiger partial charge in [-0.25, -0.2) is 4.39 Å². The number of methoxy groups -OCH3 is 1. The van der Waals surface area contributed by atoms with Gasteiger partial charge in [0.05, 0.1) is 32.1 Å². The number of benzene rings is 2. The summed E-state index contributed by atoms with van der Waals surface area (Å²) in [6.45, 7) is 5.61. The van der Waals surface area contributed by atoms with Crippen LogP contribution in [0.15, 0.2) is 42.5 Å². The summed E-state index contributed by atoms with van der Waals surface area (Å²) < 4.78 is 24.3. The number of rotatable bonds is 9. The zero-order chi connectivity index (χ0) is 23.8. The second-order valence-electron chi connectivity index (χ2n) is 8.47. The number of piperidine rings is 1. The van der Waals surface area contributed by atoms with E-state index in [2.05, 4.69) is 5.32 Å². The van der Waals surface area contributed by atoms with Crippen molar-refractivity contribution in [3.05, 3.63) is 59.4 Å². The SMILES string of the molecule is CCCOc1ccc(C(C)NC(=O)C2CCCN(C(=O)Cc3ccc(F)cc3)C2)cc1OC. The second-order valence-corrected chi connectivity index (χ2v) is 8.47. The number of likely N-dealkylation sites (tertiary alicyclic amines) is 1. The van der Waals surface area contributed by atoms with Crippen LogP contribution in [0.3, 0.4) is 0 Å². The topological polar surface area (TPSA) is 67.9 Å². The molecule has 7 heteroatoms. The molecule has 33 heavy (non-hydrogen) atoms. The van der Waals surface area contributed by atoms with Crippen molar-refractivity contribution in [1.29, 1.82) is 0 Å². The van der Waals surface area contributed by atoms with Crippen molar-refractivity contribution in [2.75, 3.05) is 26.8 Å². The van der Waals surface area contributed by atoms with E-state index < -0.39 is 0 Å². The van der Waals surface area contributed by atoms with Crippen LogP contribution in [-0.4, -0.2) is 43.5 Å². The van der Waals surface area contributed by atoms with Crippen LogP contribution >= 0.6 is 0 Å². The molecule has 2 amide bonds. The number of nitrogens with zero attached hydrogens (tertiary/aromatic N) is 1. The maximum atomic E-state index is 13.1. The zero-order valence-electron chi connectivity index (χ0n) is 19.6. The summed E-state index contributed by atoms with van der Waals surface area (Å²) in [4.78, 5) is 27.4. The molecule has 1 N–H and O–H groups in total. The summed E-state index contributed by atoms with van der Waals surface area (Å²) in [5.74, 6) is 0.635. The van der Waals surface area contributed by atoms with Crippen LogP contribution in [0.2, 0.25) is 0 Å². The van der Waals surface area contributed by atoms with Gasteiger partial charge in [0.15, 0.2) is 11.5 Å². The van der Waals surface area contributed by atoms with Gasteiger partial charge in [-0.1, -0.05) is 25.1 Å². The lowest BCUT2D eigenvalue weighted by Crippen LogP contribution is -2.46. The Morgan fingerprint density at radius 3 is 2.64 bits per heavy atom. The van der Waals surface area contributed by atoms with Crippen molar-refractivity contribution in [1.82, 2.24) is 10.2 Å². The minimum atomic E-state index is -0.323. The second kappa shape index (κ2) is 11.7. The minimum Gasteiger partial charge on any atom is -0.493 e. The number of nitrogens with one attached hydrogen (secondary N) is 1. The molecule has 0 radical (unpaired) electrons. The number of hydrogen-bond acceptors (Lipinski definition) is 4. The van der Waals surface area contributed by atoms with Gasteiger partial charge in [-0.15, -0.1) is 0 Å². The Labute approximate surface area is 195 Å². The van der Waals surface area contributed by atoms with Crippen molar-refractivity contribution < 1.29 is 23.5 Å². The first-order valence-electron chi connectivity index (χ1n) is 11.5. The molecule has 2 aromatic rings. The van der Waals surface area contributed by atoms with Crippen molar-refractivity contribution in [2.24, 2.45) is 5.92 Å². The first-order chi connectivity index (χ1) is 15.9. The molecule has 1 fully saturated rings. The molecular weight excluding hydrogens is 423 g/mol. The number of carbonyl (C=O) groups excluding carboxylic acids is 2. The van der Waals surface area contributed by atoms with E-state index in [1.54, 1.807) is 24.1 Å². The molecule has 178 valence electrons. The highest BCUT2D eigenvalue weighted by molar-refractivity contribution is 5.82. The number of halogens is 1. The van der Waals surface area contributed by atoms with Gasteiger partial charge in [0.1, 0.15) is 5.82 Å². The van der Waals surface area contributed by atoms with Gasteiger partial charge in [-0.05, 0) is 61.6 Å². The average molecular weight is 457 g/mol. The summed E-state index contributed by atoms with van der Waals surface area (Å²) in [5.41, 5.74) is 1.69. The van der Waals surface area contributed by atoms with Crippen LogP contribution < -0.4 is 14.8 Å². The molecule has 1 aliphatic heterocycles. The molecule has 1 heterocycles. The van der Waals surface area contributed by atoms with E-state index in [4.69, 9.17) is 9.47 Å². The van der Waals surface area contributed by atoms with Gasteiger partial charge < -0.3 is 19.7 Å². The maximum Gasteiger partial charge on any atom is 0.227 e. The Bertz CT molecular complexity index is 948. The first kappa shape index (κ1) is 24.6. The summed E-state index contributed by atoms with van der Waals surface area (Å²) in [6.07, 6.45) is 2.63. The summed E-state index contributed by atoms with van der Waals surface area (Å²) in [5, 5.41) is 3.08. The third-order valence-corrected chi connectivity index (χ3v) is 5.92. The Hall–Kier alpha value is -3.09. The van der Waals surface area contributed by atoms with Gasteiger partial charge >= 0.3 is 0 Å². The number of hydrogen-bond donors (Lipinski definition) is 1. The lowest BCUT2D eigenvalue weighted by atomic mass is 9.95. The Morgan fingerprint density at radius 2 is 1.94 bits per heavy atom. The molecule has 2 atom stereocenters. The molecule has 0 aromatic heterocycles. The highest BCUT2D eigenvalue weighted by Crippen LogP contribution is 2.30. The molecule has 3 rings (SSSR count). The van der Waals surface area contributed by atoms with E-state index in [-0.39, 0.29) is 36.0 Å². The third-order valence-electron chi connectivity index (χ3n) is 5.92. The van der Waals surface area contributed by atoms with Crippen LogP contribution in [0.25, 0.3) is 0 Å². The molecule has 1 aliphatic rings. The van der Waals surface area contributed by atoms with Crippen molar-refractivity contribution in [2.45, 2.75) is 45.6 Å². The molecule has 0 saturated carbocycles. The predicted molar refractivity (Wildman–Crippen MR) is 125 cm³/mol. The molecule has 2 aromatic carbocycles. The maximum absolute atomic E-state index is 13.1. The van der Waals surface area contributed by atoms with Crippen LogP contribution in [0.5, 0.6) is 11.5 Å². The zero-order valence-corrected chi connectivity index (χ0v) is 19.6. The van der Waals surface area contributed by atoms with Crippen LogP contribution in [-0.2, 0) is 16.0 Å². The van der Waals surface area contributed by atoms with Crippen molar-refractivity contribution in [3.8, 4) is 11.5 Å². The van der Waals surface area contributed by atoms with E-state index in [0.29, 0.717) is 31.2 Å². The molecule has 1 saturated heterocycles. The number of ether oxygens (including phenoxy) is 2. The van der Waals surface area contributed by atoms with Crippen LogP contribution in [0.4, 0.5) is 4.39 Å². The lowest BCUT2D eigenvalue weighted by Gasteiger charge is -2.33. The van der Waals surface area contributed by atoms with Crippen LogP contribution in [0, 0.1) is 11.7 Å². The Balaban J connectivity index is 1.58. The van der Waals surface area contributed by atoms with E-state index in [0.717, 1.165) is 30.4 Å². The molecule has 0 aliphatic carbocycles. The highest BCUT2D eigenvalue weighted by atomic mass is 19.1. The van der Waals surface area contributed by atoms with E-state index >= 15 is 0 Å². The number of amides is 2. The van der Waals surface area contributed by atoms with E-state index in [1.165, 1.54) is 12.1 Å².